The van der Waals surface area contributed by atoms with Crippen molar-refractivity contribution in [3.05, 3.63) is 75.8 Å². The summed E-state index contributed by atoms with van der Waals surface area (Å²) in [6.07, 6.45) is 1.23. The smallest absolute Gasteiger partial charge is 0.267 e. The topological polar surface area (TPSA) is 92.6 Å². The van der Waals surface area contributed by atoms with Crippen LogP contribution in [0.25, 0.3) is 6.08 Å². The van der Waals surface area contributed by atoms with E-state index in [1.165, 1.54) is 24.3 Å². The number of rotatable bonds is 3. The Balaban J connectivity index is 2.00. The summed E-state index contributed by atoms with van der Waals surface area (Å²) in [5.74, 6) is -1.16. The van der Waals surface area contributed by atoms with Gasteiger partial charge in [-0.25, -0.2) is 5.01 Å². The quantitative estimate of drug-likeness (QED) is 0.406. The molecule has 114 valence electrons. The van der Waals surface area contributed by atoms with E-state index >= 15 is 0 Å². The lowest BCUT2D eigenvalue weighted by molar-refractivity contribution is -0.385. The predicted molar refractivity (Wildman–Crippen MR) is 83.1 cm³/mol. The summed E-state index contributed by atoms with van der Waals surface area (Å²) in [6.45, 7) is 0. The van der Waals surface area contributed by atoms with E-state index < -0.39 is 16.7 Å². The van der Waals surface area contributed by atoms with Crippen LogP contribution in [0, 0.1) is 10.1 Å². The highest BCUT2D eigenvalue weighted by Gasteiger charge is 2.34. The lowest BCUT2D eigenvalue weighted by Gasteiger charge is -2.13. The van der Waals surface area contributed by atoms with Gasteiger partial charge in [-0.1, -0.05) is 30.3 Å². The number of nitro groups is 1. The van der Waals surface area contributed by atoms with Crippen molar-refractivity contribution < 1.29 is 14.5 Å². The van der Waals surface area contributed by atoms with E-state index in [0.29, 0.717) is 5.69 Å². The third-order valence-electron chi connectivity index (χ3n) is 3.34. The van der Waals surface area contributed by atoms with E-state index in [-0.39, 0.29) is 16.8 Å². The van der Waals surface area contributed by atoms with Crippen LogP contribution in [-0.4, -0.2) is 16.7 Å². The summed E-state index contributed by atoms with van der Waals surface area (Å²) >= 11 is 0. The maximum atomic E-state index is 12.4. The van der Waals surface area contributed by atoms with Crippen LogP contribution in [0.4, 0.5) is 11.4 Å². The molecule has 1 aliphatic heterocycles. The van der Waals surface area contributed by atoms with Crippen molar-refractivity contribution in [1.82, 2.24) is 5.43 Å². The molecule has 0 spiro atoms. The van der Waals surface area contributed by atoms with Crippen LogP contribution in [0.5, 0.6) is 0 Å². The molecule has 1 aliphatic rings. The molecule has 0 aliphatic carbocycles. The Labute approximate surface area is 131 Å². The minimum Gasteiger partial charge on any atom is -0.267 e. The van der Waals surface area contributed by atoms with Crippen molar-refractivity contribution in [2.24, 2.45) is 0 Å². The molecule has 0 atom stereocenters. The van der Waals surface area contributed by atoms with Crippen LogP contribution in [0.3, 0.4) is 0 Å². The molecule has 1 N–H and O–H groups in total. The van der Waals surface area contributed by atoms with Crippen LogP contribution in [-0.2, 0) is 9.59 Å². The van der Waals surface area contributed by atoms with E-state index in [9.17, 15) is 19.7 Å². The third kappa shape index (κ3) is 2.67. The maximum absolute atomic E-state index is 12.4. The normalized spacial score (nSPS) is 15.8. The average molecular weight is 309 g/mol. The van der Waals surface area contributed by atoms with Gasteiger partial charge in [-0.05, 0) is 24.3 Å². The number of amides is 2. The lowest BCUT2D eigenvalue weighted by atomic mass is 10.1. The maximum Gasteiger partial charge on any atom is 0.282 e. The van der Waals surface area contributed by atoms with Gasteiger partial charge in [0.1, 0.15) is 5.57 Å². The molecule has 23 heavy (non-hydrogen) atoms. The molecular formula is C16H11N3O4. The standard InChI is InChI=1S/C16H11N3O4/c20-15-13(10-11-6-4-5-9-14(11)19(22)23)16(21)18(17-15)12-7-2-1-3-8-12/h1-10H,(H,17,20)/b13-10-. The predicted octanol–water partition coefficient (Wildman–Crippen LogP) is 2.06. The van der Waals surface area contributed by atoms with Crippen molar-refractivity contribution in [2.75, 3.05) is 5.01 Å². The molecule has 0 saturated carbocycles. The molecule has 2 amide bonds. The average Bonchev–Trinajstić information content (AvgIpc) is 2.84. The van der Waals surface area contributed by atoms with Crippen LogP contribution in [0.1, 0.15) is 5.56 Å². The van der Waals surface area contributed by atoms with Gasteiger partial charge < -0.3 is 0 Å². The molecule has 0 aromatic heterocycles. The van der Waals surface area contributed by atoms with Crippen LogP contribution in [0.15, 0.2) is 60.2 Å². The number of hydrazine groups is 1. The first-order valence-electron chi connectivity index (χ1n) is 6.73. The van der Waals surface area contributed by atoms with Crippen molar-refractivity contribution in [3.8, 4) is 0 Å². The van der Waals surface area contributed by atoms with Crippen molar-refractivity contribution in [2.45, 2.75) is 0 Å². The molecule has 0 radical (unpaired) electrons. The number of nitro benzene ring substituents is 1. The lowest BCUT2D eigenvalue weighted by Crippen LogP contribution is -2.35. The molecule has 1 saturated heterocycles. The van der Waals surface area contributed by atoms with Crippen LogP contribution in [0.2, 0.25) is 0 Å². The molecule has 7 heteroatoms. The first-order valence-corrected chi connectivity index (χ1v) is 6.73. The Kier molecular flexibility index (Phi) is 3.60. The number of carbonyl (C=O) groups excluding carboxylic acids is 2. The van der Waals surface area contributed by atoms with E-state index in [2.05, 4.69) is 5.43 Å². The molecular weight excluding hydrogens is 298 g/mol. The molecule has 1 heterocycles. The highest BCUT2D eigenvalue weighted by molar-refractivity contribution is 6.31. The van der Waals surface area contributed by atoms with Crippen LogP contribution >= 0.6 is 0 Å². The Bertz CT molecular complexity index is 830. The van der Waals surface area contributed by atoms with Gasteiger partial charge in [-0.3, -0.25) is 25.1 Å². The second-order valence-electron chi connectivity index (χ2n) is 4.79. The van der Waals surface area contributed by atoms with E-state index in [4.69, 9.17) is 0 Å². The van der Waals surface area contributed by atoms with Gasteiger partial charge in [0.15, 0.2) is 0 Å². The molecule has 2 aromatic rings. The summed E-state index contributed by atoms with van der Waals surface area (Å²) in [5.41, 5.74) is 2.84. The highest BCUT2D eigenvalue weighted by Crippen LogP contribution is 2.24. The van der Waals surface area contributed by atoms with E-state index in [0.717, 1.165) is 5.01 Å². The molecule has 2 aromatic carbocycles. The monoisotopic (exact) mass is 309 g/mol. The number of nitrogens with one attached hydrogen (secondary N) is 1. The zero-order valence-electron chi connectivity index (χ0n) is 11.8. The zero-order chi connectivity index (χ0) is 16.4. The Morgan fingerprint density at radius 3 is 2.35 bits per heavy atom. The fraction of sp³-hybridized carbons (Fsp3) is 0. The summed E-state index contributed by atoms with van der Waals surface area (Å²) < 4.78 is 0. The van der Waals surface area contributed by atoms with E-state index in [1.807, 2.05) is 0 Å². The minimum atomic E-state index is -0.600. The SMILES string of the molecule is O=C1NN(c2ccccc2)C(=O)/C1=C\c1ccccc1[N+](=O)[O-]. The van der Waals surface area contributed by atoms with Gasteiger partial charge >= 0.3 is 0 Å². The Hall–Kier alpha value is -3.48. The number of hydrogen-bond acceptors (Lipinski definition) is 4. The minimum absolute atomic E-state index is 0.150. The molecule has 1 fully saturated rings. The van der Waals surface area contributed by atoms with Gasteiger partial charge in [0.2, 0.25) is 0 Å². The second-order valence-corrected chi connectivity index (χ2v) is 4.79. The third-order valence-corrected chi connectivity index (χ3v) is 3.34. The summed E-state index contributed by atoms with van der Waals surface area (Å²) in [6, 6.07) is 14.5. The van der Waals surface area contributed by atoms with Gasteiger partial charge in [-0.15, -0.1) is 0 Å². The summed E-state index contributed by atoms with van der Waals surface area (Å²) in [7, 11) is 0. The van der Waals surface area contributed by atoms with Crippen LogP contribution < -0.4 is 10.4 Å². The van der Waals surface area contributed by atoms with Crippen molar-refractivity contribution in [3.63, 3.8) is 0 Å². The number of hydrogen-bond donors (Lipinski definition) is 1. The molecule has 0 unspecified atom stereocenters. The fourth-order valence-corrected chi connectivity index (χ4v) is 2.25. The van der Waals surface area contributed by atoms with Gasteiger partial charge in [0.25, 0.3) is 17.5 Å². The van der Waals surface area contributed by atoms with E-state index in [1.54, 1.807) is 36.4 Å². The Morgan fingerprint density at radius 2 is 1.65 bits per heavy atom. The molecule has 3 rings (SSSR count). The van der Waals surface area contributed by atoms with Crippen molar-refractivity contribution in [1.29, 1.82) is 0 Å². The van der Waals surface area contributed by atoms with Gasteiger partial charge in [0.05, 0.1) is 16.2 Å². The first-order chi connectivity index (χ1) is 11.1. The number of para-hydroxylation sites is 2. The van der Waals surface area contributed by atoms with Gasteiger partial charge in [0, 0.05) is 6.07 Å². The number of anilines is 1. The number of carbonyl (C=O) groups is 2. The highest BCUT2D eigenvalue weighted by atomic mass is 16.6. The van der Waals surface area contributed by atoms with Gasteiger partial charge in [-0.2, -0.15) is 0 Å². The summed E-state index contributed by atoms with van der Waals surface area (Å²) in [5, 5.41) is 12.1. The molecule has 0 bridgehead atoms. The molecule has 7 nitrogen and oxygen atoms in total. The largest absolute Gasteiger partial charge is 0.282 e. The second kappa shape index (κ2) is 5.72. The Morgan fingerprint density at radius 1 is 1.00 bits per heavy atom. The first kappa shape index (κ1) is 14.5. The number of nitrogens with zero attached hydrogens (tertiary/aromatic N) is 2. The van der Waals surface area contributed by atoms with Crippen molar-refractivity contribution >= 4 is 29.3 Å². The summed E-state index contributed by atoms with van der Waals surface area (Å²) in [4.78, 5) is 34.9. The zero-order valence-corrected chi connectivity index (χ0v) is 11.8. The fourth-order valence-electron chi connectivity index (χ4n) is 2.25. The number of benzene rings is 2.